The van der Waals surface area contributed by atoms with Crippen LogP contribution in [0.4, 0.5) is 13.2 Å². The third-order valence-corrected chi connectivity index (χ3v) is 3.68. The van der Waals surface area contributed by atoms with Crippen LogP contribution in [0.1, 0.15) is 27.6 Å². The summed E-state index contributed by atoms with van der Waals surface area (Å²) in [6.07, 6.45) is -5.11. The molecule has 2 rings (SSSR count). The van der Waals surface area contributed by atoms with Gasteiger partial charge in [-0.05, 0) is 29.8 Å². The lowest BCUT2D eigenvalue weighted by Crippen LogP contribution is -2.30. The zero-order valence-corrected chi connectivity index (χ0v) is 13.8. The Balaban J connectivity index is 2.13. The Hall–Kier alpha value is -2.54. The number of amides is 1. The molecule has 0 radical (unpaired) electrons. The molecule has 0 saturated carbocycles. The van der Waals surface area contributed by atoms with Crippen molar-refractivity contribution in [2.75, 3.05) is 20.8 Å². The molecule has 0 heterocycles. The summed E-state index contributed by atoms with van der Waals surface area (Å²) in [5.41, 5.74) is -0.649. The third-order valence-electron chi connectivity index (χ3n) is 3.68. The molecule has 2 aromatic rings. The third kappa shape index (κ3) is 4.73. The van der Waals surface area contributed by atoms with Gasteiger partial charge in [0, 0.05) is 13.7 Å². The molecule has 1 unspecified atom stereocenters. The number of nitrogens with one attached hydrogen (secondary N) is 1. The summed E-state index contributed by atoms with van der Waals surface area (Å²) in [7, 11) is 2.98. The lowest BCUT2D eigenvalue weighted by Gasteiger charge is -2.18. The summed E-state index contributed by atoms with van der Waals surface area (Å²) in [5, 5.41) is 2.49. The van der Waals surface area contributed by atoms with Crippen LogP contribution in [-0.4, -0.2) is 26.7 Å². The SMILES string of the molecule is COc1cccc(C(CNC(=O)c2ccccc2C(F)(F)F)OC)c1. The van der Waals surface area contributed by atoms with E-state index in [4.69, 9.17) is 9.47 Å². The summed E-state index contributed by atoms with van der Waals surface area (Å²) in [5.74, 6) is -0.189. The smallest absolute Gasteiger partial charge is 0.417 e. The lowest BCUT2D eigenvalue weighted by molar-refractivity contribution is -0.137. The fourth-order valence-corrected chi connectivity index (χ4v) is 2.39. The van der Waals surface area contributed by atoms with Crippen LogP contribution >= 0.6 is 0 Å². The highest BCUT2D eigenvalue weighted by molar-refractivity contribution is 5.95. The monoisotopic (exact) mass is 353 g/mol. The molecule has 134 valence electrons. The number of methoxy groups -OCH3 is 2. The Morgan fingerprint density at radius 2 is 1.84 bits per heavy atom. The minimum Gasteiger partial charge on any atom is -0.497 e. The van der Waals surface area contributed by atoms with E-state index >= 15 is 0 Å². The van der Waals surface area contributed by atoms with Crippen molar-refractivity contribution in [2.24, 2.45) is 0 Å². The molecule has 0 bridgehead atoms. The number of hydrogen-bond acceptors (Lipinski definition) is 3. The fraction of sp³-hybridized carbons (Fsp3) is 0.278. The van der Waals surface area contributed by atoms with Crippen molar-refractivity contribution in [2.45, 2.75) is 12.3 Å². The topological polar surface area (TPSA) is 47.6 Å². The zero-order chi connectivity index (χ0) is 18.4. The maximum absolute atomic E-state index is 13.0. The highest BCUT2D eigenvalue weighted by Gasteiger charge is 2.34. The highest BCUT2D eigenvalue weighted by Crippen LogP contribution is 2.31. The summed E-state index contributed by atoms with van der Waals surface area (Å²) < 4.78 is 49.5. The van der Waals surface area contributed by atoms with Crippen LogP contribution in [0.25, 0.3) is 0 Å². The second-order valence-corrected chi connectivity index (χ2v) is 5.25. The van der Waals surface area contributed by atoms with E-state index in [0.29, 0.717) is 5.75 Å². The molecular weight excluding hydrogens is 335 g/mol. The first-order valence-corrected chi connectivity index (χ1v) is 7.48. The van der Waals surface area contributed by atoms with Crippen molar-refractivity contribution in [3.8, 4) is 5.75 Å². The number of rotatable bonds is 6. The van der Waals surface area contributed by atoms with Gasteiger partial charge in [-0.1, -0.05) is 24.3 Å². The number of carbonyl (C=O) groups excluding carboxylic acids is 1. The minimum atomic E-state index is -4.60. The van der Waals surface area contributed by atoms with Crippen LogP contribution in [0.2, 0.25) is 0 Å². The van der Waals surface area contributed by atoms with E-state index < -0.39 is 29.3 Å². The number of benzene rings is 2. The Kier molecular flexibility index (Phi) is 6.03. The largest absolute Gasteiger partial charge is 0.497 e. The number of halogens is 3. The van der Waals surface area contributed by atoms with Crippen molar-refractivity contribution in [3.63, 3.8) is 0 Å². The molecule has 0 saturated heterocycles. The minimum absolute atomic E-state index is 0.0225. The first-order chi connectivity index (χ1) is 11.9. The van der Waals surface area contributed by atoms with E-state index in [1.807, 2.05) is 0 Å². The van der Waals surface area contributed by atoms with Crippen LogP contribution in [0.15, 0.2) is 48.5 Å². The molecule has 0 aliphatic carbocycles. The maximum atomic E-state index is 13.0. The van der Waals surface area contributed by atoms with Gasteiger partial charge >= 0.3 is 6.18 Å². The Morgan fingerprint density at radius 1 is 1.12 bits per heavy atom. The maximum Gasteiger partial charge on any atom is 0.417 e. The molecule has 7 heteroatoms. The highest BCUT2D eigenvalue weighted by atomic mass is 19.4. The van der Waals surface area contributed by atoms with Gasteiger partial charge in [0.05, 0.1) is 24.3 Å². The summed E-state index contributed by atoms with van der Waals surface area (Å²) in [6.45, 7) is 0.0225. The van der Waals surface area contributed by atoms with Gasteiger partial charge in [-0.2, -0.15) is 13.2 Å². The first-order valence-electron chi connectivity index (χ1n) is 7.48. The molecule has 2 aromatic carbocycles. The van der Waals surface area contributed by atoms with Crippen molar-refractivity contribution in [3.05, 3.63) is 65.2 Å². The quantitative estimate of drug-likeness (QED) is 0.859. The van der Waals surface area contributed by atoms with Crippen LogP contribution in [0.3, 0.4) is 0 Å². The normalized spacial score (nSPS) is 12.5. The predicted octanol–water partition coefficient (Wildman–Crippen LogP) is 3.83. The lowest BCUT2D eigenvalue weighted by atomic mass is 10.1. The van der Waals surface area contributed by atoms with Gasteiger partial charge in [0.2, 0.25) is 0 Å². The molecule has 1 atom stereocenters. The Morgan fingerprint density at radius 3 is 2.48 bits per heavy atom. The Labute approximate surface area is 143 Å². The van der Waals surface area contributed by atoms with E-state index in [1.165, 1.54) is 26.4 Å². The van der Waals surface area contributed by atoms with E-state index in [0.717, 1.165) is 17.7 Å². The number of alkyl halides is 3. The molecule has 0 fully saturated rings. The molecule has 0 aliphatic rings. The van der Waals surface area contributed by atoms with Crippen molar-refractivity contribution in [1.29, 1.82) is 0 Å². The van der Waals surface area contributed by atoms with Gasteiger partial charge in [0.25, 0.3) is 5.91 Å². The second kappa shape index (κ2) is 8.02. The molecule has 0 aliphatic heterocycles. The van der Waals surface area contributed by atoms with Crippen LogP contribution in [-0.2, 0) is 10.9 Å². The number of ether oxygens (including phenoxy) is 2. The predicted molar refractivity (Wildman–Crippen MR) is 86.5 cm³/mol. The van der Waals surface area contributed by atoms with Gasteiger partial charge in [-0.3, -0.25) is 4.79 Å². The van der Waals surface area contributed by atoms with E-state index in [2.05, 4.69) is 5.32 Å². The molecule has 0 aromatic heterocycles. The van der Waals surface area contributed by atoms with Crippen molar-refractivity contribution < 1.29 is 27.4 Å². The van der Waals surface area contributed by atoms with Gasteiger partial charge < -0.3 is 14.8 Å². The Bertz CT molecular complexity index is 732. The molecule has 4 nitrogen and oxygen atoms in total. The first kappa shape index (κ1) is 18.8. The average Bonchev–Trinajstić information content (AvgIpc) is 2.61. The number of carbonyl (C=O) groups is 1. The molecule has 1 N–H and O–H groups in total. The average molecular weight is 353 g/mol. The standard InChI is InChI=1S/C18H18F3NO3/c1-24-13-7-5-6-12(10-13)16(25-2)11-22-17(23)14-8-3-4-9-15(14)18(19,20)21/h3-10,16H,11H2,1-2H3,(H,22,23). The molecule has 0 spiro atoms. The van der Waals surface area contributed by atoms with Crippen LogP contribution in [0, 0.1) is 0 Å². The summed E-state index contributed by atoms with van der Waals surface area (Å²) in [4.78, 5) is 12.2. The number of hydrogen-bond donors (Lipinski definition) is 1. The fourth-order valence-electron chi connectivity index (χ4n) is 2.39. The molecular formula is C18H18F3NO3. The second-order valence-electron chi connectivity index (χ2n) is 5.25. The molecule has 1 amide bonds. The van der Waals surface area contributed by atoms with E-state index in [1.54, 1.807) is 24.3 Å². The van der Waals surface area contributed by atoms with E-state index in [9.17, 15) is 18.0 Å². The van der Waals surface area contributed by atoms with Gasteiger partial charge in [0.1, 0.15) is 5.75 Å². The van der Waals surface area contributed by atoms with Gasteiger partial charge in [0.15, 0.2) is 0 Å². The summed E-state index contributed by atoms with van der Waals surface area (Å²) in [6, 6.07) is 11.7. The van der Waals surface area contributed by atoms with Crippen molar-refractivity contribution >= 4 is 5.91 Å². The van der Waals surface area contributed by atoms with Crippen LogP contribution in [0.5, 0.6) is 5.75 Å². The van der Waals surface area contributed by atoms with Gasteiger partial charge in [-0.25, -0.2) is 0 Å². The van der Waals surface area contributed by atoms with Gasteiger partial charge in [-0.15, -0.1) is 0 Å². The van der Waals surface area contributed by atoms with E-state index in [-0.39, 0.29) is 6.54 Å². The zero-order valence-electron chi connectivity index (χ0n) is 13.8. The summed E-state index contributed by atoms with van der Waals surface area (Å²) >= 11 is 0. The van der Waals surface area contributed by atoms with Crippen molar-refractivity contribution in [1.82, 2.24) is 5.32 Å². The van der Waals surface area contributed by atoms with Crippen LogP contribution < -0.4 is 10.1 Å². The molecule has 25 heavy (non-hydrogen) atoms.